The van der Waals surface area contributed by atoms with Crippen molar-refractivity contribution >= 4 is 17.5 Å². The van der Waals surface area contributed by atoms with Crippen LogP contribution in [0.2, 0.25) is 0 Å². The summed E-state index contributed by atoms with van der Waals surface area (Å²) in [4.78, 5) is 34.6. The maximum absolute atomic E-state index is 12.0. The van der Waals surface area contributed by atoms with Crippen molar-refractivity contribution in [2.75, 3.05) is 13.7 Å². The number of fused-ring (bicyclic) bond motifs is 1. The molecule has 122 valence electrons. The summed E-state index contributed by atoms with van der Waals surface area (Å²) >= 11 is 0. The van der Waals surface area contributed by atoms with Crippen LogP contribution < -0.4 is 11.0 Å². The van der Waals surface area contributed by atoms with E-state index in [0.717, 1.165) is 0 Å². The molecule has 0 bridgehead atoms. The van der Waals surface area contributed by atoms with E-state index in [4.69, 9.17) is 0 Å². The Morgan fingerprint density at radius 3 is 2.96 bits per heavy atom. The Morgan fingerprint density at radius 2 is 2.22 bits per heavy atom. The number of aromatic nitrogens is 3. The zero-order chi connectivity index (χ0) is 16.7. The maximum Gasteiger partial charge on any atom is 0.350 e. The molecule has 1 amide bonds. The molecule has 8 heteroatoms. The number of nitrogens with zero attached hydrogens (tertiary/aromatic N) is 3. The van der Waals surface area contributed by atoms with Gasteiger partial charge in [-0.05, 0) is 18.6 Å². The number of pyridine rings is 1. The van der Waals surface area contributed by atoms with E-state index < -0.39 is 5.97 Å². The first-order valence-electron chi connectivity index (χ1n) is 7.17. The van der Waals surface area contributed by atoms with E-state index in [2.05, 4.69) is 15.2 Å². The van der Waals surface area contributed by atoms with Crippen molar-refractivity contribution in [2.45, 2.75) is 19.4 Å². The Morgan fingerprint density at radius 1 is 1.39 bits per heavy atom. The summed E-state index contributed by atoms with van der Waals surface area (Å²) in [6, 6.07) is 5.27. The normalized spacial score (nSPS) is 11.0. The Balaban J connectivity index is 1.78. The number of esters is 1. The lowest BCUT2D eigenvalue weighted by Crippen LogP contribution is -2.28. The Hall–Kier alpha value is -2.90. The van der Waals surface area contributed by atoms with Gasteiger partial charge < -0.3 is 10.1 Å². The molecule has 0 saturated heterocycles. The molecule has 0 aliphatic rings. The molecular weight excluding hydrogens is 300 g/mol. The van der Waals surface area contributed by atoms with Gasteiger partial charge in [-0.15, -0.1) is 5.10 Å². The summed E-state index contributed by atoms with van der Waals surface area (Å²) < 4.78 is 7.14. The number of nitrogens with one attached hydrogen (secondary N) is 1. The van der Waals surface area contributed by atoms with E-state index in [9.17, 15) is 14.4 Å². The Labute approximate surface area is 132 Å². The van der Waals surface area contributed by atoms with Crippen molar-refractivity contribution in [3.8, 4) is 0 Å². The summed E-state index contributed by atoms with van der Waals surface area (Å²) in [7, 11) is 1.30. The number of carbonyl (C=O) groups is 2. The van der Waals surface area contributed by atoms with Gasteiger partial charge >= 0.3 is 11.7 Å². The topological polar surface area (TPSA) is 94.7 Å². The fourth-order valence-corrected chi connectivity index (χ4v) is 1.95. The molecule has 23 heavy (non-hydrogen) atoms. The Kier molecular flexibility index (Phi) is 5.67. The molecule has 0 aliphatic heterocycles. The molecule has 8 nitrogen and oxygen atoms in total. The standard InChI is InChI=1S/C15H18N4O4/c1-23-14(21)7-2-4-9-16-13(20)8-11-19-15(22)18-10-5-3-6-12(18)17-19/h2-3,5-7,10H,4,8-9,11H2,1H3,(H,16,20)/b7-2+. The van der Waals surface area contributed by atoms with Crippen molar-refractivity contribution in [3.05, 3.63) is 47.0 Å². The second-order valence-electron chi connectivity index (χ2n) is 4.75. The van der Waals surface area contributed by atoms with Crippen molar-refractivity contribution in [1.82, 2.24) is 19.5 Å². The molecule has 1 N–H and O–H groups in total. The van der Waals surface area contributed by atoms with Crippen LogP contribution in [0.15, 0.2) is 41.3 Å². The number of methoxy groups -OCH3 is 1. The summed E-state index contributed by atoms with van der Waals surface area (Å²) in [6.45, 7) is 0.622. The third-order valence-electron chi connectivity index (χ3n) is 3.13. The summed E-state index contributed by atoms with van der Waals surface area (Å²) in [5.41, 5.74) is 0.278. The number of carbonyl (C=O) groups excluding carboxylic acids is 2. The lowest BCUT2D eigenvalue weighted by molar-refractivity contribution is -0.134. The lowest BCUT2D eigenvalue weighted by atomic mass is 10.3. The fourth-order valence-electron chi connectivity index (χ4n) is 1.95. The summed E-state index contributed by atoms with van der Waals surface area (Å²) in [6.07, 6.45) is 5.25. The van der Waals surface area contributed by atoms with Gasteiger partial charge in [0.15, 0.2) is 5.65 Å². The van der Waals surface area contributed by atoms with Crippen molar-refractivity contribution in [1.29, 1.82) is 0 Å². The first-order valence-corrected chi connectivity index (χ1v) is 7.17. The molecule has 0 spiro atoms. The van der Waals surface area contributed by atoms with Crippen LogP contribution >= 0.6 is 0 Å². The molecule has 2 heterocycles. The highest BCUT2D eigenvalue weighted by Crippen LogP contribution is 1.96. The van der Waals surface area contributed by atoms with Gasteiger partial charge in [0, 0.05) is 25.2 Å². The van der Waals surface area contributed by atoms with Crippen LogP contribution in [0.5, 0.6) is 0 Å². The van der Waals surface area contributed by atoms with Gasteiger partial charge in [-0.25, -0.2) is 14.3 Å². The summed E-state index contributed by atoms with van der Waals surface area (Å²) in [5, 5.41) is 6.85. The number of hydrogen-bond acceptors (Lipinski definition) is 5. The SMILES string of the molecule is COC(=O)/C=C/CCNC(=O)CCn1nc2ccccn2c1=O. The smallest absolute Gasteiger partial charge is 0.350 e. The van der Waals surface area contributed by atoms with Crippen molar-refractivity contribution in [2.24, 2.45) is 0 Å². The van der Waals surface area contributed by atoms with Crippen LogP contribution in [0.3, 0.4) is 0 Å². The molecule has 0 atom stereocenters. The van der Waals surface area contributed by atoms with Crippen LogP contribution in [-0.4, -0.2) is 39.7 Å². The van der Waals surface area contributed by atoms with E-state index in [1.165, 1.54) is 22.3 Å². The minimum Gasteiger partial charge on any atom is -0.466 e. The highest BCUT2D eigenvalue weighted by Gasteiger charge is 2.07. The molecule has 2 rings (SSSR count). The molecular formula is C15H18N4O4. The van der Waals surface area contributed by atoms with Crippen LogP contribution in [0.25, 0.3) is 5.65 Å². The first kappa shape index (κ1) is 16.5. The van der Waals surface area contributed by atoms with E-state index in [1.54, 1.807) is 30.5 Å². The third-order valence-corrected chi connectivity index (χ3v) is 3.13. The average Bonchev–Trinajstić information content (AvgIpc) is 2.89. The monoisotopic (exact) mass is 318 g/mol. The molecule has 0 saturated carbocycles. The zero-order valence-corrected chi connectivity index (χ0v) is 12.8. The number of aryl methyl sites for hydroxylation is 1. The first-order chi connectivity index (χ1) is 11.1. The highest BCUT2D eigenvalue weighted by atomic mass is 16.5. The molecule has 0 fully saturated rings. The van der Waals surface area contributed by atoms with Crippen molar-refractivity contribution < 1.29 is 14.3 Å². The Bertz CT molecular complexity index is 775. The number of ether oxygens (including phenoxy) is 1. The lowest BCUT2D eigenvalue weighted by Gasteiger charge is -2.02. The zero-order valence-electron chi connectivity index (χ0n) is 12.8. The van der Waals surface area contributed by atoms with Gasteiger partial charge in [0.25, 0.3) is 0 Å². The quantitative estimate of drug-likeness (QED) is 0.444. The van der Waals surface area contributed by atoms with E-state index in [0.29, 0.717) is 18.6 Å². The third kappa shape index (κ3) is 4.53. The predicted octanol–water partition coefficient (Wildman–Crippen LogP) is 0.122. The van der Waals surface area contributed by atoms with E-state index in [-0.39, 0.29) is 24.6 Å². The van der Waals surface area contributed by atoms with Gasteiger partial charge in [0.2, 0.25) is 5.91 Å². The van der Waals surface area contributed by atoms with Gasteiger partial charge in [-0.2, -0.15) is 0 Å². The van der Waals surface area contributed by atoms with Gasteiger partial charge in [-0.1, -0.05) is 12.1 Å². The van der Waals surface area contributed by atoms with E-state index in [1.807, 2.05) is 0 Å². The second kappa shape index (κ2) is 7.92. The van der Waals surface area contributed by atoms with Crippen LogP contribution in [-0.2, 0) is 20.9 Å². The molecule has 0 radical (unpaired) electrons. The number of amides is 1. The molecule has 0 aliphatic carbocycles. The van der Waals surface area contributed by atoms with Crippen LogP contribution in [0.4, 0.5) is 0 Å². The average molecular weight is 318 g/mol. The molecule has 0 unspecified atom stereocenters. The molecule has 2 aromatic heterocycles. The second-order valence-corrected chi connectivity index (χ2v) is 4.75. The van der Waals surface area contributed by atoms with Gasteiger partial charge in [0.05, 0.1) is 13.7 Å². The minimum atomic E-state index is -0.428. The molecule has 2 aromatic rings. The van der Waals surface area contributed by atoms with E-state index >= 15 is 0 Å². The van der Waals surface area contributed by atoms with Gasteiger partial charge in [0.1, 0.15) is 0 Å². The maximum atomic E-state index is 12.0. The van der Waals surface area contributed by atoms with Gasteiger partial charge in [-0.3, -0.25) is 9.20 Å². The summed E-state index contributed by atoms with van der Waals surface area (Å²) in [5.74, 6) is -0.608. The fraction of sp³-hybridized carbons (Fsp3) is 0.333. The number of rotatable bonds is 7. The number of hydrogen-bond donors (Lipinski definition) is 1. The van der Waals surface area contributed by atoms with Crippen molar-refractivity contribution in [3.63, 3.8) is 0 Å². The predicted molar refractivity (Wildman–Crippen MR) is 82.9 cm³/mol. The highest BCUT2D eigenvalue weighted by molar-refractivity contribution is 5.81. The van der Waals surface area contributed by atoms with Crippen LogP contribution in [0, 0.1) is 0 Å². The molecule has 0 aromatic carbocycles. The minimum absolute atomic E-state index is 0.157. The van der Waals surface area contributed by atoms with Crippen LogP contribution in [0.1, 0.15) is 12.8 Å². The largest absolute Gasteiger partial charge is 0.466 e.